The molecule has 0 unspecified atom stereocenters. The highest BCUT2D eigenvalue weighted by Crippen LogP contribution is 2.37. The number of rotatable bonds is 5. The maximum atomic E-state index is 6.21. The summed E-state index contributed by atoms with van der Waals surface area (Å²) in [7, 11) is 2.96. The van der Waals surface area contributed by atoms with Gasteiger partial charge in [0.2, 0.25) is 0 Å². The first-order valence-electron chi connectivity index (χ1n) is 9.62. The maximum Gasteiger partial charge on any atom is 0.498 e. The summed E-state index contributed by atoms with van der Waals surface area (Å²) in [6, 6.07) is 9.85. The van der Waals surface area contributed by atoms with Crippen LogP contribution in [0.15, 0.2) is 36.5 Å². The molecule has 0 aliphatic carbocycles. The van der Waals surface area contributed by atoms with Gasteiger partial charge in [0.25, 0.3) is 0 Å². The first kappa shape index (κ1) is 19.9. The number of pyridine rings is 1. The molecule has 2 aromatic heterocycles. The van der Waals surface area contributed by atoms with Crippen molar-refractivity contribution < 1.29 is 18.8 Å². The Hall–Kier alpha value is -2.42. The number of nitrogens with zero attached hydrogens (tertiary/aromatic N) is 3. The second-order valence-corrected chi connectivity index (χ2v) is 8.30. The van der Waals surface area contributed by atoms with E-state index in [0.29, 0.717) is 5.75 Å². The van der Waals surface area contributed by atoms with Crippen LogP contribution in [0.3, 0.4) is 0 Å². The zero-order valence-corrected chi connectivity index (χ0v) is 17.7. The minimum absolute atomic E-state index is 0.130. The summed E-state index contributed by atoms with van der Waals surface area (Å²) in [6.45, 7) is 8.26. The van der Waals surface area contributed by atoms with E-state index in [2.05, 4.69) is 5.10 Å². The predicted octanol–water partition coefficient (Wildman–Crippen LogP) is 2.92. The molecule has 0 spiro atoms. The molecule has 29 heavy (non-hydrogen) atoms. The van der Waals surface area contributed by atoms with Gasteiger partial charge in [-0.3, -0.25) is 4.68 Å². The molecule has 1 aliphatic rings. The minimum atomic E-state index is -0.519. The van der Waals surface area contributed by atoms with Gasteiger partial charge >= 0.3 is 7.12 Å². The third-order valence-corrected chi connectivity index (χ3v) is 5.63. The van der Waals surface area contributed by atoms with Crippen LogP contribution in [0.25, 0.3) is 22.3 Å². The molecule has 0 amide bonds. The second kappa shape index (κ2) is 7.13. The molecule has 0 radical (unpaired) electrons. The van der Waals surface area contributed by atoms with Crippen LogP contribution in [0, 0.1) is 0 Å². The third kappa shape index (κ3) is 3.63. The van der Waals surface area contributed by atoms with E-state index in [1.54, 1.807) is 11.8 Å². The summed E-state index contributed by atoms with van der Waals surface area (Å²) in [4.78, 5) is 4.73. The smallest absolute Gasteiger partial charge is 0.468 e. The first-order chi connectivity index (χ1) is 13.7. The average molecular weight is 395 g/mol. The molecule has 1 aliphatic heterocycles. The van der Waals surface area contributed by atoms with Crippen LogP contribution in [0.4, 0.5) is 0 Å². The van der Waals surface area contributed by atoms with E-state index in [-0.39, 0.29) is 6.79 Å². The third-order valence-electron chi connectivity index (χ3n) is 5.63. The van der Waals surface area contributed by atoms with Crippen LogP contribution in [0.5, 0.6) is 5.75 Å². The number of aryl methyl sites for hydroxylation is 1. The van der Waals surface area contributed by atoms with Gasteiger partial charge < -0.3 is 18.8 Å². The fraction of sp³-hybridized carbons (Fsp3) is 0.429. The molecule has 1 saturated heterocycles. The Balaban J connectivity index is 1.72. The van der Waals surface area contributed by atoms with Crippen molar-refractivity contribution in [3.05, 3.63) is 36.5 Å². The van der Waals surface area contributed by atoms with Crippen molar-refractivity contribution in [2.75, 3.05) is 13.9 Å². The lowest BCUT2D eigenvalue weighted by Gasteiger charge is -2.32. The predicted molar refractivity (Wildman–Crippen MR) is 112 cm³/mol. The summed E-state index contributed by atoms with van der Waals surface area (Å²) in [5.41, 5.74) is 3.45. The fourth-order valence-corrected chi connectivity index (χ4v) is 3.29. The van der Waals surface area contributed by atoms with Crippen molar-refractivity contribution in [2.24, 2.45) is 7.05 Å². The van der Waals surface area contributed by atoms with Gasteiger partial charge in [-0.05, 0) is 45.9 Å². The van der Waals surface area contributed by atoms with E-state index < -0.39 is 18.3 Å². The maximum absolute atomic E-state index is 6.21. The molecule has 4 rings (SSSR count). The standard InChI is InChI=1S/C21H26BN3O4/c1-20(2)21(3,4)29-22(28-20)15-8-7-14(11-19(15)27-13-26-6)16-9-10-17-18(23-16)12-25(5)24-17/h7-12H,13H2,1-6H3. The molecule has 3 heterocycles. The number of ether oxygens (including phenoxy) is 2. The lowest BCUT2D eigenvalue weighted by atomic mass is 9.77. The molecular weight excluding hydrogens is 369 g/mol. The number of benzene rings is 1. The lowest BCUT2D eigenvalue weighted by Crippen LogP contribution is -2.41. The highest BCUT2D eigenvalue weighted by Gasteiger charge is 2.52. The minimum Gasteiger partial charge on any atom is -0.468 e. The Morgan fingerprint density at radius 2 is 1.76 bits per heavy atom. The largest absolute Gasteiger partial charge is 0.498 e. The van der Waals surface area contributed by atoms with Gasteiger partial charge in [-0.2, -0.15) is 5.10 Å². The van der Waals surface area contributed by atoms with E-state index in [4.69, 9.17) is 23.8 Å². The fourth-order valence-electron chi connectivity index (χ4n) is 3.29. The Kier molecular flexibility index (Phi) is 4.89. The van der Waals surface area contributed by atoms with Gasteiger partial charge in [-0.25, -0.2) is 4.98 Å². The van der Waals surface area contributed by atoms with Gasteiger partial charge in [-0.15, -0.1) is 0 Å². The van der Waals surface area contributed by atoms with Crippen molar-refractivity contribution in [3.63, 3.8) is 0 Å². The van der Waals surface area contributed by atoms with Gasteiger partial charge in [0.05, 0.1) is 23.1 Å². The van der Waals surface area contributed by atoms with Crippen molar-refractivity contribution in [1.29, 1.82) is 0 Å². The summed E-state index contributed by atoms with van der Waals surface area (Å²) < 4.78 is 25.2. The van der Waals surface area contributed by atoms with Crippen molar-refractivity contribution in [1.82, 2.24) is 14.8 Å². The second-order valence-electron chi connectivity index (χ2n) is 8.30. The Morgan fingerprint density at radius 3 is 2.45 bits per heavy atom. The van der Waals surface area contributed by atoms with Gasteiger partial charge in [-0.1, -0.05) is 12.1 Å². The summed E-state index contributed by atoms with van der Waals surface area (Å²) in [6.07, 6.45) is 1.90. The molecule has 7 nitrogen and oxygen atoms in total. The van der Waals surface area contributed by atoms with E-state index in [1.165, 1.54) is 0 Å². The van der Waals surface area contributed by atoms with E-state index >= 15 is 0 Å². The topological polar surface area (TPSA) is 67.6 Å². The Bertz CT molecular complexity index is 1030. The van der Waals surface area contributed by atoms with Gasteiger partial charge in [0, 0.05) is 25.2 Å². The molecule has 1 aromatic carbocycles. The first-order valence-corrected chi connectivity index (χ1v) is 9.62. The monoisotopic (exact) mass is 395 g/mol. The van der Waals surface area contributed by atoms with Crippen LogP contribution in [-0.4, -0.2) is 47.0 Å². The molecule has 8 heteroatoms. The lowest BCUT2D eigenvalue weighted by molar-refractivity contribution is 0.00578. The number of hydrogen-bond acceptors (Lipinski definition) is 6. The van der Waals surface area contributed by atoms with Gasteiger partial charge in [0.15, 0.2) is 6.79 Å². The zero-order valence-electron chi connectivity index (χ0n) is 17.7. The Morgan fingerprint density at radius 1 is 1.03 bits per heavy atom. The molecule has 0 atom stereocenters. The van der Waals surface area contributed by atoms with Gasteiger partial charge in [0.1, 0.15) is 16.8 Å². The number of aromatic nitrogens is 3. The Labute approximate surface area is 171 Å². The molecular formula is C21H26BN3O4. The van der Waals surface area contributed by atoms with Crippen LogP contribution in [0.1, 0.15) is 27.7 Å². The van der Waals surface area contributed by atoms with E-state index in [1.807, 2.05) is 71.3 Å². The summed E-state index contributed by atoms with van der Waals surface area (Å²) in [5, 5.41) is 4.38. The molecule has 0 saturated carbocycles. The zero-order chi connectivity index (χ0) is 20.8. The number of fused-ring (bicyclic) bond motifs is 1. The van der Waals surface area contributed by atoms with Crippen LogP contribution >= 0.6 is 0 Å². The van der Waals surface area contributed by atoms with Crippen LogP contribution in [0.2, 0.25) is 0 Å². The number of methoxy groups -OCH3 is 1. The average Bonchev–Trinajstić information content (AvgIpc) is 3.13. The van der Waals surface area contributed by atoms with E-state index in [0.717, 1.165) is 27.8 Å². The molecule has 1 fully saturated rings. The summed E-state index contributed by atoms with van der Waals surface area (Å²) >= 11 is 0. The molecule has 3 aromatic rings. The van der Waals surface area contributed by atoms with Crippen molar-refractivity contribution in [3.8, 4) is 17.0 Å². The molecule has 0 bridgehead atoms. The van der Waals surface area contributed by atoms with Crippen molar-refractivity contribution in [2.45, 2.75) is 38.9 Å². The van der Waals surface area contributed by atoms with Crippen molar-refractivity contribution >= 4 is 23.6 Å². The molecule has 0 N–H and O–H groups in total. The SMILES string of the molecule is COCOc1cc(-c2ccc3nn(C)cc3n2)ccc1B1OC(C)(C)C(C)(C)O1. The summed E-state index contributed by atoms with van der Waals surface area (Å²) in [5.74, 6) is 0.649. The number of hydrogen-bond donors (Lipinski definition) is 0. The highest BCUT2D eigenvalue weighted by atomic mass is 16.7. The quantitative estimate of drug-likeness (QED) is 0.489. The van der Waals surface area contributed by atoms with Crippen LogP contribution in [-0.2, 0) is 21.1 Å². The normalized spacial score (nSPS) is 17.8. The molecule has 152 valence electrons. The highest BCUT2D eigenvalue weighted by molar-refractivity contribution is 6.63. The van der Waals surface area contributed by atoms with Crippen LogP contribution < -0.4 is 10.2 Å². The van der Waals surface area contributed by atoms with E-state index in [9.17, 15) is 0 Å².